The Morgan fingerprint density at radius 1 is 1.41 bits per heavy atom. The van der Waals surface area contributed by atoms with Gasteiger partial charge >= 0.3 is 0 Å². The largest absolute Gasteiger partial charge is 0.370 e. The van der Waals surface area contributed by atoms with Crippen LogP contribution in [0.15, 0.2) is 28.7 Å². The molecular formula is C13H19BrN2O. The second kappa shape index (κ2) is 7.45. The van der Waals surface area contributed by atoms with Crippen LogP contribution in [0.5, 0.6) is 0 Å². The number of amides is 1. The van der Waals surface area contributed by atoms with E-state index < -0.39 is 0 Å². The third kappa shape index (κ3) is 5.33. The van der Waals surface area contributed by atoms with Crippen LogP contribution in [0.3, 0.4) is 0 Å². The van der Waals surface area contributed by atoms with Crippen LogP contribution < -0.4 is 11.1 Å². The number of hydrogen-bond acceptors (Lipinski definition) is 2. The molecule has 0 heterocycles. The zero-order valence-corrected chi connectivity index (χ0v) is 11.7. The monoisotopic (exact) mass is 298 g/mol. The van der Waals surface area contributed by atoms with Gasteiger partial charge in [0.2, 0.25) is 5.91 Å². The molecule has 3 N–H and O–H groups in total. The van der Waals surface area contributed by atoms with E-state index >= 15 is 0 Å². The lowest BCUT2D eigenvalue weighted by atomic mass is 10.1. The molecule has 1 unspecified atom stereocenters. The summed E-state index contributed by atoms with van der Waals surface area (Å²) < 4.78 is 1.12. The summed E-state index contributed by atoms with van der Waals surface area (Å²) in [6.45, 7) is 3.03. The van der Waals surface area contributed by atoms with Gasteiger partial charge in [-0.2, -0.15) is 0 Å². The second-order valence-corrected chi connectivity index (χ2v) is 4.98. The summed E-state index contributed by atoms with van der Waals surface area (Å²) in [5, 5.41) is 3.43. The molecule has 1 aromatic rings. The zero-order valence-electron chi connectivity index (χ0n) is 10.1. The van der Waals surface area contributed by atoms with Crippen LogP contribution in [0.4, 0.5) is 0 Å². The van der Waals surface area contributed by atoms with Crippen molar-refractivity contribution >= 4 is 21.8 Å². The Balaban J connectivity index is 2.28. The van der Waals surface area contributed by atoms with Crippen LogP contribution in [-0.4, -0.2) is 12.5 Å². The number of carbonyl (C=O) groups excluding carboxylic acids is 1. The summed E-state index contributed by atoms with van der Waals surface area (Å²) in [7, 11) is 0. The number of benzene rings is 1. The lowest BCUT2D eigenvalue weighted by Gasteiger charge is -2.15. The minimum atomic E-state index is -0.219. The van der Waals surface area contributed by atoms with Crippen LogP contribution in [0.2, 0.25) is 0 Å². The summed E-state index contributed by atoms with van der Waals surface area (Å²) in [5.74, 6) is -0.219. The maximum absolute atomic E-state index is 10.6. The van der Waals surface area contributed by atoms with Gasteiger partial charge in [-0.25, -0.2) is 0 Å². The number of hydrogen-bond donors (Lipinski definition) is 2. The molecule has 0 aliphatic heterocycles. The van der Waals surface area contributed by atoms with Gasteiger partial charge in [-0.1, -0.05) is 34.1 Å². The van der Waals surface area contributed by atoms with Gasteiger partial charge in [0, 0.05) is 16.9 Å². The van der Waals surface area contributed by atoms with Crippen molar-refractivity contribution in [2.45, 2.75) is 32.2 Å². The van der Waals surface area contributed by atoms with Gasteiger partial charge in [0.05, 0.1) is 0 Å². The number of nitrogens with two attached hydrogens (primary N) is 1. The molecule has 1 atom stereocenters. The first kappa shape index (κ1) is 14.2. The van der Waals surface area contributed by atoms with E-state index in [0.29, 0.717) is 12.5 Å². The lowest BCUT2D eigenvalue weighted by molar-refractivity contribution is -0.118. The zero-order chi connectivity index (χ0) is 12.7. The summed E-state index contributed by atoms with van der Waals surface area (Å²) in [4.78, 5) is 10.6. The van der Waals surface area contributed by atoms with E-state index in [2.05, 4.69) is 34.2 Å². The topological polar surface area (TPSA) is 55.1 Å². The fourth-order valence-corrected chi connectivity index (χ4v) is 2.31. The number of unbranched alkanes of at least 4 members (excludes halogenated alkanes) is 1. The molecule has 94 valence electrons. The molecule has 4 heteroatoms. The highest BCUT2D eigenvalue weighted by Gasteiger charge is 2.07. The Morgan fingerprint density at radius 3 is 2.76 bits per heavy atom. The fraction of sp³-hybridized carbons (Fsp3) is 0.462. The van der Waals surface area contributed by atoms with Crippen LogP contribution in [-0.2, 0) is 4.79 Å². The molecule has 1 amide bonds. The SMILES string of the molecule is CC(NCCCCC(N)=O)c1ccccc1Br. The minimum absolute atomic E-state index is 0.219. The molecule has 0 aliphatic carbocycles. The number of primary amides is 1. The van der Waals surface area contributed by atoms with Crippen molar-refractivity contribution in [1.82, 2.24) is 5.32 Å². The average molecular weight is 299 g/mol. The van der Waals surface area contributed by atoms with Crippen LogP contribution >= 0.6 is 15.9 Å². The van der Waals surface area contributed by atoms with E-state index in [1.807, 2.05) is 18.2 Å². The first-order valence-electron chi connectivity index (χ1n) is 5.87. The van der Waals surface area contributed by atoms with Crippen molar-refractivity contribution in [3.05, 3.63) is 34.3 Å². The van der Waals surface area contributed by atoms with Crippen molar-refractivity contribution in [3.8, 4) is 0 Å². The van der Waals surface area contributed by atoms with Crippen molar-refractivity contribution < 1.29 is 4.79 Å². The minimum Gasteiger partial charge on any atom is -0.370 e. The molecular weight excluding hydrogens is 280 g/mol. The van der Waals surface area contributed by atoms with Gasteiger partial charge in [-0.3, -0.25) is 4.79 Å². The van der Waals surface area contributed by atoms with Crippen LogP contribution in [0.1, 0.15) is 37.8 Å². The molecule has 0 spiro atoms. The molecule has 0 fully saturated rings. The Kier molecular flexibility index (Phi) is 6.22. The van der Waals surface area contributed by atoms with E-state index in [1.165, 1.54) is 5.56 Å². The Hall–Kier alpha value is -0.870. The maximum atomic E-state index is 10.6. The van der Waals surface area contributed by atoms with Gasteiger partial charge in [-0.05, 0) is 37.9 Å². The predicted molar refractivity (Wildman–Crippen MR) is 73.6 cm³/mol. The molecule has 3 nitrogen and oxygen atoms in total. The molecule has 0 saturated heterocycles. The van der Waals surface area contributed by atoms with Crippen molar-refractivity contribution in [3.63, 3.8) is 0 Å². The molecule has 1 rings (SSSR count). The van der Waals surface area contributed by atoms with Gasteiger partial charge in [-0.15, -0.1) is 0 Å². The highest BCUT2D eigenvalue weighted by atomic mass is 79.9. The van der Waals surface area contributed by atoms with E-state index in [-0.39, 0.29) is 5.91 Å². The highest BCUT2D eigenvalue weighted by Crippen LogP contribution is 2.22. The van der Waals surface area contributed by atoms with Gasteiger partial charge in [0.15, 0.2) is 0 Å². The second-order valence-electron chi connectivity index (χ2n) is 4.12. The van der Waals surface area contributed by atoms with E-state index in [1.54, 1.807) is 0 Å². The van der Waals surface area contributed by atoms with E-state index in [0.717, 1.165) is 23.9 Å². The standard InChI is InChI=1S/C13H19BrN2O/c1-10(11-6-2-3-7-12(11)14)16-9-5-4-8-13(15)17/h2-3,6-7,10,16H,4-5,8-9H2,1H3,(H2,15,17). The smallest absolute Gasteiger partial charge is 0.217 e. The molecule has 0 saturated carbocycles. The van der Waals surface area contributed by atoms with Crippen LogP contribution in [0.25, 0.3) is 0 Å². The molecule has 0 aliphatic rings. The molecule has 0 aromatic heterocycles. The number of nitrogens with one attached hydrogen (secondary N) is 1. The highest BCUT2D eigenvalue weighted by molar-refractivity contribution is 9.10. The third-order valence-corrected chi connectivity index (χ3v) is 3.39. The Labute approximate surface area is 111 Å². The summed E-state index contributed by atoms with van der Waals surface area (Å²) in [6.07, 6.45) is 2.30. The van der Waals surface area contributed by atoms with Crippen molar-refractivity contribution in [1.29, 1.82) is 0 Å². The Bertz CT molecular complexity index is 368. The van der Waals surface area contributed by atoms with Gasteiger partial charge < -0.3 is 11.1 Å². The first-order valence-corrected chi connectivity index (χ1v) is 6.66. The predicted octanol–water partition coefficient (Wildman–Crippen LogP) is 2.76. The molecule has 0 radical (unpaired) electrons. The summed E-state index contributed by atoms with van der Waals surface area (Å²) in [5.41, 5.74) is 6.33. The number of carbonyl (C=O) groups is 1. The van der Waals surface area contributed by atoms with Gasteiger partial charge in [0.25, 0.3) is 0 Å². The molecule has 1 aromatic carbocycles. The third-order valence-electron chi connectivity index (χ3n) is 2.67. The normalized spacial score (nSPS) is 12.4. The van der Waals surface area contributed by atoms with E-state index in [9.17, 15) is 4.79 Å². The number of halogens is 1. The number of rotatable bonds is 7. The quantitative estimate of drug-likeness (QED) is 0.761. The van der Waals surface area contributed by atoms with Gasteiger partial charge in [0.1, 0.15) is 0 Å². The Morgan fingerprint density at radius 2 is 2.12 bits per heavy atom. The molecule has 0 bridgehead atoms. The van der Waals surface area contributed by atoms with Crippen molar-refractivity contribution in [2.24, 2.45) is 5.73 Å². The fourth-order valence-electron chi connectivity index (χ4n) is 1.68. The molecule has 17 heavy (non-hydrogen) atoms. The summed E-state index contributed by atoms with van der Waals surface area (Å²) >= 11 is 3.54. The average Bonchev–Trinajstić information content (AvgIpc) is 2.28. The lowest BCUT2D eigenvalue weighted by Crippen LogP contribution is -2.20. The van der Waals surface area contributed by atoms with Crippen LogP contribution in [0, 0.1) is 0 Å². The maximum Gasteiger partial charge on any atom is 0.217 e. The van der Waals surface area contributed by atoms with E-state index in [4.69, 9.17) is 5.73 Å². The first-order chi connectivity index (χ1) is 8.11. The summed E-state index contributed by atoms with van der Waals surface area (Å²) in [6, 6.07) is 8.49. The van der Waals surface area contributed by atoms with Crippen molar-refractivity contribution in [2.75, 3.05) is 6.54 Å².